The van der Waals surface area contributed by atoms with Crippen LogP contribution < -0.4 is 21.1 Å². The Morgan fingerprint density at radius 2 is 2.05 bits per heavy atom. The Kier molecular flexibility index (Phi) is 5.66. The van der Waals surface area contributed by atoms with Crippen LogP contribution in [0.5, 0.6) is 5.75 Å². The fourth-order valence-corrected chi connectivity index (χ4v) is 1.62. The molecule has 0 aliphatic heterocycles. The van der Waals surface area contributed by atoms with Crippen molar-refractivity contribution in [3.8, 4) is 5.75 Å². The van der Waals surface area contributed by atoms with Gasteiger partial charge in [-0.3, -0.25) is 9.59 Å². The highest BCUT2D eigenvalue weighted by Crippen LogP contribution is 2.23. The van der Waals surface area contributed by atoms with E-state index in [1.165, 1.54) is 7.11 Å². The van der Waals surface area contributed by atoms with Gasteiger partial charge in [-0.1, -0.05) is 6.07 Å². The van der Waals surface area contributed by atoms with Crippen LogP contribution >= 0.6 is 0 Å². The number of carbonyl (C=O) groups is 2. The summed E-state index contributed by atoms with van der Waals surface area (Å²) in [5.74, 6) is -0.0365. The molecule has 0 aromatic heterocycles. The minimum absolute atomic E-state index is 0.101. The van der Waals surface area contributed by atoms with Gasteiger partial charge in [-0.2, -0.15) is 0 Å². The molecule has 2 amide bonds. The molecule has 0 saturated carbocycles. The van der Waals surface area contributed by atoms with Gasteiger partial charge >= 0.3 is 0 Å². The number of nitrogens with two attached hydrogens (primary N) is 1. The van der Waals surface area contributed by atoms with Crippen molar-refractivity contribution in [2.45, 2.75) is 13.3 Å². The molecule has 0 fully saturated rings. The lowest BCUT2D eigenvalue weighted by molar-refractivity contribution is -0.120. The maximum Gasteiger partial charge on any atom is 0.257 e. The lowest BCUT2D eigenvalue weighted by Crippen LogP contribution is -2.31. The van der Waals surface area contributed by atoms with E-state index < -0.39 is 0 Å². The van der Waals surface area contributed by atoms with Crippen LogP contribution in [0.2, 0.25) is 0 Å². The molecule has 0 atom stereocenters. The molecule has 6 heteroatoms. The van der Waals surface area contributed by atoms with Crippen LogP contribution in [-0.4, -0.2) is 32.0 Å². The molecule has 0 saturated heterocycles. The molecular weight excluding hydrogens is 246 g/mol. The number of hydrogen-bond acceptors (Lipinski definition) is 4. The third-order valence-electron chi connectivity index (χ3n) is 2.52. The first-order valence-corrected chi connectivity index (χ1v) is 6.07. The lowest BCUT2D eigenvalue weighted by Gasteiger charge is -2.11. The van der Waals surface area contributed by atoms with Crippen LogP contribution in [0, 0.1) is 0 Å². The zero-order valence-corrected chi connectivity index (χ0v) is 11.2. The van der Waals surface area contributed by atoms with Crippen molar-refractivity contribution in [3.05, 3.63) is 23.8 Å². The summed E-state index contributed by atoms with van der Waals surface area (Å²) in [6.45, 7) is 2.67. The molecule has 4 N–H and O–H groups in total. The lowest BCUT2D eigenvalue weighted by atomic mass is 10.1. The van der Waals surface area contributed by atoms with E-state index >= 15 is 0 Å². The molecule has 0 spiro atoms. The number of ether oxygens (including phenoxy) is 1. The first kappa shape index (κ1) is 14.8. The average Bonchev–Trinajstić information content (AvgIpc) is 2.38. The smallest absolute Gasteiger partial charge is 0.257 e. The molecule has 1 aromatic rings. The molecular formula is C13H19N3O3. The monoisotopic (exact) mass is 265 g/mol. The second-order valence-electron chi connectivity index (χ2n) is 3.88. The first-order chi connectivity index (χ1) is 9.10. The van der Waals surface area contributed by atoms with Crippen LogP contribution in [0.3, 0.4) is 0 Å². The van der Waals surface area contributed by atoms with Gasteiger partial charge < -0.3 is 21.1 Å². The summed E-state index contributed by atoms with van der Waals surface area (Å²) in [4.78, 5) is 23.2. The van der Waals surface area contributed by atoms with Gasteiger partial charge in [0.25, 0.3) is 5.91 Å². The number of nitrogen functional groups attached to an aromatic ring is 1. The molecule has 0 aliphatic carbocycles. The Morgan fingerprint density at radius 3 is 2.68 bits per heavy atom. The summed E-state index contributed by atoms with van der Waals surface area (Å²) in [7, 11) is 1.47. The van der Waals surface area contributed by atoms with Crippen molar-refractivity contribution in [3.63, 3.8) is 0 Å². The summed E-state index contributed by atoms with van der Waals surface area (Å²) in [6.07, 6.45) is 0.231. The van der Waals surface area contributed by atoms with Crippen LogP contribution in [0.15, 0.2) is 18.2 Å². The molecule has 1 aromatic carbocycles. The van der Waals surface area contributed by atoms with Gasteiger partial charge in [0.05, 0.1) is 7.11 Å². The van der Waals surface area contributed by atoms with E-state index in [0.29, 0.717) is 23.5 Å². The number of carbonyl (C=O) groups excluding carboxylic acids is 2. The second-order valence-corrected chi connectivity index (χ2v) is 3.88. The van der Waals surface area contributed by atoms with Crippen molar-refractivity contribution in [1.82, 2.24) is 10.6 Å². The summed E-state index contributed by atoms with van der Waals surface area (Å²) in [6, 6.07) is 5.00. The van der Waals surface area contributed by atoms with Gasteiger partial charge in [-0.25, -0.2) is 0 Å². The van der Waals surface area contributed by atoms with E-state index in [9.17, 15) is 9.59 Å². The molecule has 6 nitrogen and oxygen atoms in total. The minimum Gasteiger partial charge on any atom is -0.496 e. The van der Waals surface area contributed by atoms with Gasteiger partial charge in [0.1, 0.15) is 11.3 Å². The first-order valence-electron chi connectivity index (χ1n) is 6.07. The van der Waals surface area contributed by atoms with E-state index in [1.807, 2.05) is 6.92 Å². The van der Waals surface area contributed by atoms with E-state index in [0.717, 1.165) is 0 Å². The number of hydrogen-bond donors (Lipinski definition) is 3. The third-order valence-corrected chi connectivity index (χ3v) is 2.52. The zero-order chi connectivity index (χ0) is 14.3. The Hall–Kier alpha value is -2.24. The van der Waals surface area contributed by atoms with Gasteiger partial charge in [0.15, 0.2) is 0 Å². The number of rotatable bonds is 6. The van der Waals surface area contributed by atoms with E-state index in [4.69, 9.17) is 10.5 Å². The Balaban J connectivity index is 2.61. The van der Waals surface area contributed by atoms with Crippen molar-refractivity contribution in [1.29, 1.82) is 0 Å². The molecule has 0 radical (unpaired) electrons. The predicted octanol–water partition coefficient (Wildman–Crippen LogP) is 0.533. The van der Waals surface area contributed by atoms with Crippen molar-refractivity contribution in [2.75, 3.05) is 25.9 Å². The predicted molar refractivity (Wildman–Crippen MR) is 73.0 cm³/mol. The number of anilines is 1. The van der Waals surface area contributed by atoms with E-state index in [-0.39, 0.29) is 24.8 Å². The Morgan fingerprint density at radius 1 is 1.32 bits per heavy atom. The summed E-state index contributed by atoms with van der Waals surface area (Å²) >= 11 is 0. The maximum atomic E-state index is 12.0. The number of benzene rings is 1. The highest BCUT2D eigenvalue weighted by Gasteiger charge is 2.15. The molecule has 0 unspecified atom stereocenters. The molecule has 19 heavy (non-hydrogen) atoms. The van der Waals surface area contributed by atoms with E-state index in [2.05, 4.69) is 10.6 Å². The summed E-state index contributed by atoms with van der Waals surface area (Å²) < 4.78 is 5.09. The number of methoxy groups -OCH3 is 1. The van der Waals surface area contributed by atoms with Crippen LogP contribution in [0.1, 0.15) is 23.7 Å². The van der Waals surface area contributed by atoms with Gasteiger partial charge in [-0.15, -0.1) is 0 Å². The largest absolute Gasteiger partial charge is 0.496 e. The van der Waals surface area contributed by atoms with Crippen LogP contribution in [-0.2, 0) is 4.79 Å². The summed E-state index contributed by atoms with van der Waals surface area (Å²) in [5, 5.41) is 5.30. The molecule has 1 rings (SSSR count). The third kappa shape index (κ3) is 4.17. The highest BCUT2D eigenvalue weighted by atomic mass is 16.5. The number of nitrogens with one attached hydrogen (secondary N) is 2. The maximum absolute atomic E-state index is 12.0. The van der Waals surface area contributed by atoms with Crippen molar-refractivity contribution in [2.24, 2.45) is 0 Å². The van der Waals surface area contributed by atoms with Crippen molar-refractivity contribution < 1.29 is 14.3 Å². The van der Waals surface area contributed by atoms with Gasteiger partial charge in [-0.05, 0) is 19.1 Å². The molecule has 104 valence electrons. The second kappa shape index (κ2) is 7.25. The van der Waals surface area contributed by atoms with Crippen molar-refractivity contribution >= 4 is 17.5 Å². The average molecular weight is 265 g/mol. The Bertz CT molecular complexity index is 460. The topological polar surface area (TPSA) is 93.5 Å². The standard InChI is InChI=1S/C13H19N3O3/c1-3-15-11(17)7-8-16-13(18)12-9(14)5-4-6-10(12)19-2/h4-6H,3,7-8,14H2,1-2H3,(H,15,17)(H,16,18). The molecule has 0 aliphatic rings. The quantitative estimate of drug-likeness (QED) is 0.654. The van der Waals surface area contributed by atoms with Crippen LogP contribution in [0.4, 0.5) is 5.69 Å². The fraction of sp³-hybridized carbons (Fsp3) is 0.385. The fourth-order valence-electron chi connectivity index (χ4n) is 1.62. The van der Waals surface area contributed by atoms with Gasteiger partial charge in [0, 0.05) is 25.2 Å². The summed E-state index contributed by atoms with van der Waals surface area (Å²) in [5.41, 5.74) is 6.39. The SMILES string of the molecule is CCNC(=O)CCNC(=O)c1c(N)cccc1OC. The normalized spacial score (nSPS) is 9.79. The molecule has 0 heterocycles. The highest BCUT2D eigenvalue weighted by molar-refractivity contribution is 6.02. The van der Waals surface area contributed by atoms with E-state index in [1.54, 1.807) is 18.2 Å². The molecule has 0 bridgehead atoms. The van der Waals surface area contributed by atoms with Gasteiger partial charge in [0.2, 0.25) is 5.91 Å². The zero-order valence-electron chi connectivity index (χ0n) is 11.2. The van der Waals surface area contributed by atoms with Crippen LogP contribution in [0.25, 0.3) is 0 Å². The Labute approximate surface area is 112 Å². The number of amides is 2. The minimum atomic E-state index is -0.348.